The summed E-state index contributed by atoms with van der Waals surface area (Å²) in [6.07, 6.45) is 2.30. The van der Waals surface area contributed by atoms with Crippen molar-refractivity contribution in [2.24, 2.45) is 0 Å². The van der Waals surface area contributed by atoms with E-state index < -0.39 is 11.5 Å². The molecule has 0 saturated heterocycles. The first-order valence-electron chi connectivity index (χ1n) is 6.97. The Morgan fingerprint density at radius 1 is 1.35 bits per heavy atom. The van der Waals surface area contributed by atoms with Gasteiger partial charge in [0.1, 0.15) is 11.2 Å². The van der Waals surface area contributed by atoms with Crippen LogP contribution in [0.1, 0.15) is 18.5 Å². The highest BCUT2D eigenvalue weighted by atomic mass is 35.5. The quantitative estimate of drug-likeness (QED) is 0.706. The number of benzene rings is 1. The van der Waals surface area contributed by atoms with Crippen LogP contribution in [-0.4, -0.2) is 19.2 Å². The third kappa shape index (κ3) is 2.10. The fourth-order valence-corrected chi connectivity index (χ4v) is 4.45. The molecule has 3 aromatic rings. The van der Waals surface area contributed by atoms with Crippen LogP contribution < -0.4 is 5.69 Å². The molecule has 2 aromatic heterocycles. The van der Waals surface area contributed by atoms with Gasteiger partial charge in [-0.05, 0) is 25.3 Å². The molecular formula is C14H10Cl2FN3O2S. The molecule has 0 saturated carbocycles. The number of aromatic hydroxyl groups is 1. The molecule has 5 nitrogen and oxygen atoms in total. The number of aromatic nitrogens is 3. The first kappa shape index (κ1) is 15.0. The average molecular weight is 374 g/mol. The van der Waals surface area contributed by atoms with Crippen LogP contribution >= 0.6 is 34.5 Å². The lowest BCUT2D eigenvalue weighted by atomic mass is 10.1. The summed E-state index contributed by atoms with van der Waals surface area (Å²) in [6.45, 7) is 0.510. The van der Waals surface area contributed by atoms with Crippen molar-refractivity contribution in [3.05, 3.63) is 37.6 Å². The molecule has 1 N–H and O–H groups in total. The van der Waals surface area contributed by atoms with E-state index in [0.717, 1.165) is 34.8 Å². The van der Waals surface area contributed by atoms with Gasteiger partial charge < -0.3 is 5.11 Å². The molecule has 1 aromatic carbocycles. The van der Waals surface area contributed by atoms with Crippen LogP contribution in [0.5, 0.6) is 5.88 Å². The zero-order valence-electron chi connectivity index (χ0n) is 11.6. The van der Waals surface area contributed by atoms with Crippen LogP contribution in [0.3, 0.4) is 0 Å². The molecule has 3 heterocycles. The largest absolute Gasteiger partial charge is 0.493 e. The fraction of sp³-hybridized carbons (Fsp3) is 0.286. The number of hydrogen-bond acceptors (Lipinski definition) is 4. The van der Waals surface area contributed by atoms with Gasteiger partial charge in [0.15, 0.2) is 10.3 Å². The second-order valence-electron chi connectivity index (χ2n) is 5.33. The Bertz CT molecular complexity index is 1010. The van der Waals surface area contributed by atoms with Gasteiger partial charge in [-0.15, -0.1) is 11.3 Å². The summed E-state index contributed by atoms with van der Waals surface area (Å²) in [7, 11) is 0. The number of nitrogens with zero attached hydrogens (tertiary/aromatic N) is 3. The highest BCUT2D eigenvalue weighted by Gasteiger charge is 2.27. The highest BCUT2D eigenvalue weighted by molar-refractivity contribution is 7.22. The molecule has 0 fully saturated rings. The maximum Gasteiger partial charge on any atom is 0.336 e. The molecule has 0 unspecified atom stereocenters. The van der Waals surface area contributed by atoms with Gasteiger partial charge in [-0.25, -0.2) is 18.7 Å². The molecule has 0 radical (unpaired) electrons. The van der Waals surface area contributed by atoms with Gasteiger partial charge in [-0.1, -0.05) is 23.2 Å². The lowest BCUT2D eigenvalue weighted by Gasteiger charge is -2.11. The number of hydrogen-bond donors (Lipinski definition) is 1. The van der Waals surface area contributed by atoms with Crippen LogP contribution in [0.4, 0.5) is 4.39 Å². The van der Waals surface area contributed by atoms with Gasteiger partial charge >= 0.3 is 5.69 Å². The van der Waals surface area contributed by atoms with Crippen LogP contribution in [0.2, 0.25) is 9.49 Å². The third-order valence-corrected chi connectivity index (χ3v) is 5.46. The van der Waals surface area contributed by atoms with Crippen molar-refractivity contribution in [2.75, 3.05) is 0 Å². The predicted molar refractivity (Wildman–Crippen MR) is 87.8 cm³/mol. The van der Waals surface area contributed by atoms with E-state index in [9.17, 15) is 14.3 Å². The van der Waals surface area contributed by atoms with E-state index >= 15 is 0 Å². The summed E-state index contributed by atoms with van der Waals surface area (Å²) < 4.78 is 17.6. The molecule has 0 bridgehead atoms. The molecule has 9 heteroatoms. The van der Waals surface area contributed by atoms with E-state index in [4.69, 9.17) is 23.2 Å². The van der Waals surface area contributed by atoms with Crippen molar-refractivity contribution < 1.29 is 9.50 Å². The monoisotopic (exact) mass is 373 g/mol. The standard InChI is InChI=1S/C14H10Cl2FN3O2S/c15-6-5-7(17)10(11-9(6)18-13(16)23-11)20-12(21)8-3-1-2-4-19(8)14(20)22/h5,21H,1-4H2. The Morgan fingerprint density at radius 3 is 2.87 bits per heavy atom. The van der Waals surface area contributed by atoms with Crippen molar-refractivity contribution in [3.8, 4) is 11.6 Å². The maximum absolute atomic E-state index is 14.6. The second-order valence-corrected chi connectivity index (χ2v) is 7.32. The molecular weight excluding hydrogens is 364 g/mol. The van der Waals surface area contributed by atoms with E-state index in [-0.39, 0.29) is 21.1 Å². The lowest BCUT2D eigenvalue weighted by Crippen LogP contribution is -2.26. The number of fused-ring (bicyclic) bond motifs is 2. The Hall–Kier alpha value is -1.57. The first-order valence-corrected chi connectivity index (χ1v) is 8.54. The van der Waals surface area contributed by atoms with Gasteiger partial charge in [0.2, 0.25) is 5.88 Å². The van der Waals surface area contributed by atoms with Gasteiger partial charge in [-0.2, -0.15) is 0 Å². The van der Waals surface area contributed by atoms with Crippen molar-refractivity contribution in [3.63, 3.8) is 0 Å². The van der Waals surface area contributed by atoms with E-state index in [2.05, 4.69) is 4.98 Å². The molecule has 1 aliphatic rings. The molecule has 0 spiro atoms. The van der Waals surface area contributed by atoms with Crippen LogP contribution in [0.25, 0.3) is 15.9 Å². The first-order chi connectivity index (χ1) is 11.0. The molecule has 23 heavy (non-hydrogen) atoms. The van der Waals surface area contributed by atoms with Gasteiger partial charge in [0.25, 0.3) is 0 Å². The molecule has 0 aliphatic carbocycles. The predicted octanol–water partition coefficient (Wildman–Crippen LogP) is 3.74. The molecule has 1 aliphatic heterocycles. The van der Waals surface area contributed by atoms with Crippen LogP contribution in [-0.2, 0) is 13.0 Å². The minimum absolute atomic E-state index is 0.0572. The average Bonchev–Trinajstić information content (AvgIpc) is 3.02. The Labute approximate surface area is 143 Å². The van der Waals surface area contributed by atoms with Crippen LogP contribution in [0, 0.1) is 5.82 Å². The van der Waals surface area contributed by atoms with Gasteiger partial charge in [0.05, 0.1) is 15.4 Å². The van der Waals surface area contributed by atoms with Crippen molar-refractivity contribution >= 4 is 44.8 Å². The zero-order chi connectivity index (χ0) is 16.3. The normalized spacial score (nSPS) is 14.4. The summed E-state index contributed by atoms with van der Waals surface area (Å²) in [5, 5.41) is 10.6. The number of rotatable bonds is 1. The molecule has 4 rings (SSSR count). The lowest BCUT2D eigenvalue weighted by molar-refractivity contribution is 0.424. The summed E-state index contributed by atoms with van der Waals surface area (Å²) in [4.78, 5) is 16.7. The topological polar surface area (TPSA) is 60.1 Å². The number of halogens is 3. The van der Waals surface area contributed by atoms with Crippen molar-refractivity contribution in [1.82, 2.24) is 14.1 Å². The van der Waals surface area contributed by atoms with Crippen molar-refractivity contribution in [1.29, 1.82) is 0 Å². The summed E-state index contributed by atoms with van der Waals surface area (Å²) >= 11 is 12.9. The zero-order valence-corrected chi connectivity index (χ0v) is 14.0. The molecule has 120 valence electrons. The van der Waals surface area contributed by atoms with E-state index in [1.807, 2.05) is 0 Å². The molecule has 0 amide bonds. The number of thiazole rings is 1. The summed E-state index contributed by atoms with van der Waals surface area (Å²) in [5.41, 5.74) is 0.315. The van der Waals surface area contributed by atoms with Gasteiger partial charge in [0, 0.05) is 6.54 Å². The Kier molecular flexibility index (Phi) is 3.40. The third-order valence-electron chi connectivity index (χ3n) is 4.01. The van der Waals surface area contributed by atoms with E-state index in [1.54, 1.807) is 0 Å². The Morgan fingerprint density at radius 2 is 2.13 bits per heavy atom. The summed E-state index contributed by atoms with van der Waals surface area (Å²) in [6, 6.07) is 1.08. The van der Waals surface area contributed by atoms with Crippen LogP contribution in [0.15, 0.2) is 10.9 Å². The molecule has 0 atom stereocenters. The SMILES string of the molecule is O=c1n2c(c(O)n1-c1c(F)cc(Cl)c3nc(Cl)sc13)CCCC2. The van der Waals surface area contributed by atoms with Gasteiger partial charge in [-0.3, -0.25) is 4.57 Å². The Balaban J connectivity index is 2.12. The fourth-order valence-electron chi connectivity index (χ4n) is 3.00. The van der Waals surface area contributed by atoms with E-state index in [0.29, 0.717) is 28.9 Å². The maximum atomic E-state index is 14.6. The second kappa shape index (κ2) is 5.22. The van der Waals surface area contributed by atoms with E-state index in [1.165, 1.54) is 4.57 Å². The number of imidazole rings is 1. The van der Waals surface area contributed by atoms with Crippen molar-refractivity contribution in [2.45, 2.75) is 25.8 Å². The minimum Gasteiger partial charge on any atom is -0.493 e. The summed E-state index contributed by atoms with van der Waals surface area (Å²) in [5.74, 6) is -0.940. The highest BCUT2D eigenvalue weighted by Crippen LogP contribution is 2.38. The smallest absolute Gasteiger partial charge is 0.336 e. The minimum atomic E-state index is -0.705.